The Morgan fingerprint density at radius 1 is 1.12 bits per heavy atom. The van der Waals surface area contributed by atoms with Crippen LogP contribution in [0.4, 0.5) is 0 Å². The molecule has 2 aromatic rings. The molecule has 0 saturated carbocycles. The van der Waals surface area contributed by atoms with Gasteiger partial charge in [-0.05, 0) is 30.9 Å². The van der Waals surface area contributed by atoms with Crippen molar-refractivity contribution in [2.45, 2.75) is 37.8 Å². The Hall–Kier alpha value is -1.28. The molecule has 0 amide bonds. The number of rotatable bonds is 0. The number of hydrogen-bond acceptors (Lipinski definition) is 1. The van der Waals surface area contributed by atoms with E-state index in [1.54, 1.807) is 5.56 Å². The highest BCUT2D eigenvalue weighted by molar-refractivity contribution is 5.85. The van der Waals surface area contributed by atoms with Gasteiger partial charge in [0.1, 0.15) is 0 Å². The zero-order valence-electron chi connectivity index (χ0n) is 9.29. The molecule has 0 spiro atoms. The number of fused-ring (bicyclic) bond motifs is 6. The summed E-state index contributed by atoms with van der Waals surface area (Å²) >= 11 is 0. The number of piperidine rings is 1. The van der Waals surface area contributed by atoms with Gasteiger partial charge in [-0.1, -0.05) is 18.2 Å². The summed E-state index contributed by atoms with van der Waals surface area (Å²) in [7, 11) is 0. The maximum absolute atomic E-state index is 3.77. The monoisotopic (exact) mass is 212 g/mol. The lowest BCUT2D eigenvalue weighted by Crippen LogP contribution is -2.42. The van der Waals surface area contributed by atoms with Crippen LogP contribution in [-0.2, 0) is 6.42 Å². The number of aromatic amines is 1. The number of benzene rings is 1. The summed E-state index contributed by atoms with van der Waals surface area (Å²) in [6.45, 7) is 0. The predicted molar refractivity (Wildman–Crippen MR) is 65.5 cm³/mol. The van der Waals surface area contributed by atoms with Gasteiger partial charge in [-0.3, -0.25) is 0 Å². The SMILES string of the molecule is c1ccc2c3c([nH]c2c1)C[C@H]1CCC[C@H]3N1. The number of nitrogens with one attached hydrogen (secondary N) is 2. The van der Waals surface area contributed by atoms with E-state index in [-0.39, 0.29) is 0 Å². The molecule has 1 aromatic heterocycles. The minimum atomic E-state index is 0.596. The predicted octanol–water partition coefficient (Wildman–Crippen LogP) is 2.91. The van der Waals surface area contributed by atoms with Crippen LogP contribution in [0.3, 0.4) is 0 Å². The van der Waals surface area contributed by atoms with Crippen molar-refractivity contribution in [3.8, 4) is 0 Å². The van der Waals surface area contributed by atoms with Crippen molar-refractivity contribution in [1.29, 1.82) is 0 Å². The molecule has 1 fully saturated rings. The van der Waals surface area contributed by atoms with E-state index in [4.69, 9.17) is 0 Å². The molecule has 16 heavy (non-hydrogen) atoms. The van der Waals surface area contributed by atoms with E-state index in [0.29, 0.717) is 12.1 Å². The lowest BCUT2D eigenvalue weighted by Gasteiger charge is -2.36. The Kier molecular flexibility index (Phi) is 1.71. The number of para-hydroxylation sites is 1. The third kappa shape index (κ3) is 1.11. The van der Waals surface area contributed by atoms with Gasteiger partial charge in [0.25, 0.3) is 0 Å². The fraction of sp³-hybridized carbons (Fsp3) is 0.429. The van der Waals surface area contributed by atoms with Crippen molar-refractivity contribution >= 4 is 10.9 Å². The van der Waals surface area contributed by atoms with E-state index in [1.807, 2.05) is 0 Å². The molecule has 2 N–H and O–H groups in total. The van der Waals surface area contributed by atoms with Crippen LogP contribution >= 0.6 is 0 Å². The number of H-pyrrole nitrogens is 1. The standard InChI is InChI=1S/C14H16N2/c1-2-6-11-10(5-1)14-12-7-3-4-9(15-12)8-13(14)16-11/h1-2,5-6,9,12,15-16H,3-4,7-8H2/t9-,12-/m1/s1. The van der Waals surface area contributed by atoms with Gasteiger partial charge in [-0.2, -0.15) is 0 Å². The Morgan fingerprint density at radius 2 is 2.06 bits per heavy atom. The average Bonchev–Trinajstić information content (AvgIpc) is 2.67. The third-order valence-corrected chi connectivity index (χ3v) is 4.11. The molecule has 1 saturated heterocycles. The van der Waals surface area contributed by atoms with Gasteiger partial charge in [0, 0.05) is 35.1 Å². The van der Waals surface area contributed by atoms with Gasteiger partial charge in [0.2, 0.25) is 0 Å². The molecule has 2 nitrogen and oxygen atoms in total. The van der Waals surface area contributed by atoms with Crippen LogP contribution in [0.15, 0.2) is 24.3 Å². The van der Waals surface area contributed by atoms with Gasteiger partial charge in [-0.15, -0.1) is 0 Å². The van der Waals surface area contributed by atoms with Crippen molar-refractivity contribution in [3.05, 3.63) is 35.5 Å². The molecule has 0 aliphatic carbocycles. The second-order valence-electron chi connectivity index (χ2n) is 5.11. The molecule has 2 bridgehead atoms. The second-order valence-corrected chi connectivity index (χ2v) is 5.11. The van der Waals surface area contributed by atoms with Crippen molar-refractivity contribution in [2.75, 3.05) is 0 Å². The topological polar surface area (TPSA) is 27.8 Å². The lowest BCUT2D eigenvalue weighted by atomic mass is 9.84. The molecule has 2 heteroatoms. The molecular formula is C14H16N2. The van der Waals surface area contributed by atoms with Gasteiger partial charge < -0.3 is 10.3 Å². The molecule has 3 heterocycles. The first-order valence-corrected chi connectivity index (χ1v) is 6.27. The first kappa shape index (κ1) is 8.82. The quantitative estimate of drug-likeness (QED) is 0.690. The summed E-state index contributed by atoms with van der Waals surface area (Å²) in [6.07, 6.45) is 5.19. The highest BCUT2D eigenvalue weighted by Gasteiger charge is 2.31. The molecule has 2 aliphatic rings. The molecule has 0 unspecified atom stereocenters. The Bertz CT molecular complexity index is 541. The second kappa shape index (κ2) is 3.11. The molecule has 2 aliphatic heterocycles. The van der Waals surface area contributed by atoms with E-state index >= 15 is 0 Å². The highest BCUT2D eigenvalue weighted by atomic mass is 15.0. The van der Waals surface area contributed by atoms with Crippen LogP contribution in [0.5, 0.6) is 0 Å². The fourth-order valence-corrected chi connectivity index (χ4v) is 3.43. The van der Waals surface area contributed by atoms with Gasteiger partial charge in [0.15, 0.2) is 0 Å². The minimum Gasteiger partial charge on any atom is -0.358 e. The zero-order valence-corrected chi connectivity index (χ0v) is 9.29. The summed E-state index contributed by atoms with van der Waals surface area (Å²) in [6, 6.07) is 10.0. The maximum atomic E-state index is 3.77. The van der Waals surface area contributed by atoms with Crippen LogP contribution in [0.25, 0.3) is 10.9 Å². The summed E-state index contributed by atoms with van der Waals surface area (Å²) < 4.78 is 0. The summed E-state index contributed by atoms with van der Waals surface area (Å²) in [5.41, 5.74) is 4.34. The van der Waals surface area contributed by atoms with Crippen LogP contribution in [0.1, 0.15) is 36.6 Å². The molecule has 0 radical (unpaired) electrons. The molecule has 1 aromatic carbocycles. The zero-order chi connectivity index (χ0) is 10.5. The summed E-state index contributed by atoms with van der Waals surface area (Å²) in [5, 5.41) is 5.19. The Morgan fingerprint density at radius 3 is 3.06 bits per heavy atom. The molecule has 4 rings (SSSR count). The third-order valence-electron chi connectivity index (χ3n) is 4.11. The van der Waals surface area contributed by atoms with E-state index in [9.17, 15) is 0 Å². The van der Waals surface area contributed by atoms with Gasteiger partial charge >= 0.3 is 0 Å². The first-order chi connectivity index (χ1) is 7.92. The van der Waals surface area contributed by atoms with Crippen molar-refractivity contribution < 1.29 is 0 Å². The normalized spacial score (nSPS) is 28.0. The highest BCUT2D eigenvalue weighted by Crippen LogP contribution is 2.38. The average molecular weight is 212 g/mol. The van der Waals surface area contributed by atoms with E-state index < -0.39 is 0 Å². The van der Waals surface area contributed by atoms with Crippen LogP contribution in [0, 0.1) is 0 Å². The first-order valence-electron chi connectivity index (χ1n) is 6.27. The molecular weight excluding hydrogens is 196 g/mol. The van der Waals surface area contributed by atoms with Gasteiger partial charge in [0.05, 0.1) is 0 Å². The number of hydrogen-bond donors (Lipinski definition) is 2. The summed E-state index contributed by atoms with van der Waals surface area (Å²) in [4.78, 5) is 3.60. The lowest BCUT2D eigenvalue weighted by molar-refractivity contribution is 0.302. The minimum absolute atomic E-state index is 0.596. The van der Waals surface area contributed by atoms with Crippen molar-refractivity contribution in [3.63, 3.8) is 0 Å². The van der Waals surface area contributed by atoms with Crippen LogP contribution in [0.2, 0.25) is 0 Å². The van der Waals surface area contributed by atoms with E-state index in [1.165, 1.54) is 42.3 Å². The molecule has 2 atom stereocenters. The van der Waals surface area contributed by atoms with Gasteiger partial charge in [-0.25, -0.2) is 0 Å². The van der Waals surface area contributed by atoms with Crippen LogP contribution in [-0.4, -0.2) is 11.0 Å². The summed E-state index contributed by atoms with van der Waals surface area (Å²) in [5.74, 6) is 0. The fourth-order valence-electron chi connectivity index (χ4n) is 3.43. The smallest absolute Gasteiger partial charge is 0.0459 e. The Balaban J connectivity index is 1.98. The van der Waals surface area contributed by atoms with E-state index in [2.05, 4.69) is 34.6 Å². The van der Waals surface area contributed by atoms with Crippen molar-refractivity contribution in [1.82, 2.24) is 10.3 Å². The Labute approximate surface area is 95.1 Å². The largest absolute Gasteiger partial charge is 0.358 e. The molecule has 82 valence electrons. The van der Waals surface area contributed by atoms with Crippen LogP contribution < -0.4 is 5.32 Å². The van der Waals surface area contributed by atoms with Crippen molar-refractivity contribution in [2.24, 2.45) is 0 Å². The number of aromatic nitrogens is 1. The maximum Gasteiger partial charge on any atom is 0.0459 e. The van der Waals surface area contributed by atoms with E-state index in [0.717, 1.165) is 0 Å².